The topological polar surface area (TPSA) is 81.5 Å². The summed E-state index contributed by atoms with van der Waals surface area (Å²) >= 11 is 1.49. The smallest absolute Gasteiger partial charge is 0.306 e. The summed E-state index contributed by atoms with van der Waals surface area (Å²) in [5, 5.41) is 0.705. The first-order valence-corrected chi connectivity index (χ1v) is 10.2. The summed E-state index contributed by atoms with van der Waals surface area (Å²) in [5.74, 6) is -0.0411. The van der Waals surface area contributed by atoms with Crippen molar-refractivity contribution in [3.8, 4) is 0 Å². The van der Waals surface area contributed by atoms with Gasteiger partial charge >= 0.3 is 5.97 Å². The van der Waals surface area contributed by atoms with Gasteiger partial charge in [-0.05, 0) is 24.8 Å². The molecule has 0 saturated carbocycles. The fourth-order valence-corrected chi connectivity index (χ4v) is 4.55. The number of carbonyl (C=O) groups excluding carboxylic acids is 2. The molecule has 0 aliphatic carbocycles. The summed E-state index contributed by atoms with van der Waals surface area (Å²) in [6.45, 7) is 7.88. The second kappa shape index (κ2) is 8.21. The number of nitrogens with zero attached hydrogens (tertiary/aromatic N) is 3. The van der Waals surface area contributed by atoms with E-state index in [-0.39, 0.29) is 30.3 Å². The molecule has 0 atom stereocenters. The summed E-state index contributed by atoms with van der Waals surface area (Å²) in [6.07, 6.45) is 2.51. The lowest BCUT2D eigenvalue weighted by atomic mass is 10.0. The van der Waals surface area contributed by atoms with Crippen LogP contribution in [0.3, 0.4) is 0 Å². The molecule has 27 heavy (non-hydrogen) atoms. The largest absolute Gasteiger partial charge is 0.466 e. The van der Waals surface area contributed by atoms with E-state index >= 15 is 0 Å². The third-order valence-electron chi connectivity index (χ3n) is 4.59. The second-order valence-corrected chi connectivity index (χ2v) is 8.23. The maximum atomic E-state index is 12.8. The van der Waals surface area contributed by atoms with E-state index < -0.39 is 0 Å². The third-order valence-corrected chi connectivity index (χ3v) is 5.72. The van der Waals surface area contributed by atoms with Gasteiger partial charge < -0.3 is 9.64 Å². The zero-order valence-electron chi connectivity index (χ0n) is 16.0. The molecule has 8 heteroatoms. The number of amides is 1. The van der Waals surface area contributed by atoms with Crippen LogP contribution in [0.15, 0.2) is 11.1 Å². The van der Waals surface area contributed by atoms with Crippen LogP contribution >= 0.6 is 11.3 Å². The van der Waals surface area contributed by atoms with Gasteiger partial charge in [-0.1, -0.05) is 13.8 Å². The van der Waals surface area contributed by atoms with E-state index in [0.717, 1.165) is 15.3 Å². The Hall–Kier alpha value is -2.22. The zero-order chi connectivity index (χ0) is 19.6. The molecular formula is C19H25N3O4S. The first-order chi connectivity index (χ1) is 12.9. The fourth-order valence-electron chi connectivity index (χ4n) is 3.36. The van der Waals surface area contributed by atoms with Gasteiger partial charge in [0.15, 0.2) is 0 Å². The normalized spacial score (nSPS) is 13.9. The van der Waals surface area contributed by atoms with Crippen LogP contribution in [0, 0.1) is 5.92 Å². The van der Waals surface area contributed by atoms with E-state index in [9.17, 15) is 14.4 Å². The Morgan fingerprint density at radius 2 is 2.11 bits per heavy atom. The quantitative estimate of drug-likeness (QED) is 0.706. The Morgan fingerprint density at radius 1 is 1.33 bits per heavy atom. The molecule has 0 saturated heterocycles. The van der Waals surface area contributed by atoms with Crippen LogP contribution in [-0.2, 0) is 33.8 Å². The molecule has 0 spiro atoms. The van der Waals surface area contributed by atoms with Crippen molar-refractivity contribution in [3.63, 3.8) is 0 Å². The van der Waals surface area contributed by atoms with Crippen molar-refractivity contribution in [1.82, 2.24) is 14.5 Å². The molecule has 0 radical (unpaired) electrons. The van der Waals surface area contributed by atoms with E-state index in [4.69, 9.17) is 4.74 Å². The summed E-state index contributed by atoms with van der Waals surface area (Å²) in [4.78, 5) is 44.7. The van der Waals surface area contributed by atoms with Gasteiger partial charge in [0.1, 0.15) is 4.83 Å². The van der Waals surface area contributed by atoms with Crippen molar-refractivity contribution >= 4 is 33.4 Å². The third kappa shape index (κ3) is 4.21. The lowest BCUT2D eigenvalue weighted by Crippen LogP contribution is -2.36. The molecule has 2 aromatic rings. The minimum Gasteiger partial charge on any atom is -0.466 e. The first kappa shape index (κ1) is 19.5. The van der Waals surface area contributed by atoms with Gasteiger partial charge in [0, 0.05) is 24.4 Å². The zero-order valence-corrected chi connectivity index (χ0v) is 16.8. The van der Waals surface area contributed by atoms with Crippen LogP contribution in [0.25, 0.3) is 10.2 Å². The van der Waals surface area contributed by atoms with Crippen LogP contribution in [0.4, 0.5) is 0 Å². The number of rotatable bonds is 6. The Balaban J connectivity index is 1.77. The molecule has 0 unspecified atom stereocenters. The number of thiophene rings is 1. The average molecular weight is 391 g/mol. The SMILES string of the molecule is CCOC(=O)CCC(=O)N1CCc2c(sc3ncn(CC(C)C)c(=O)c23)C1. The molecule has 146 valence electrons. The van der Waals surface area contributed by atoms with Crippen molar-refractivity contribution < 1.29 is 14.3 Å². The molecule has 1 amide bonds. The van der Waals surface area contributed by atoms with E-state index in [1.165, 1.54) is 11.3 Å². The van der Waals surface area contributed by atoms with Gasteiger partial charge in [0.25, 0.3) is 5.56 Å². The fraction of sp³-hybridized carbons (Fsp3) is 0.579. The number of carbonyl (C=O) groups is 2. The highest BCUT2D eigenvalue weighted by Crippen LogP contribution is 2.32. The summed E-state index contributed by atoms with van der Waals surface area (Å²) in [5.41, 5.74) is 1.04. The monoisotopic (exact) mass is 391 g/mol. The molecule has 1 aliphatic rings. The Kier molecular flexibility index (Phi) is 5.94. The van der Waals surface area contributed by atoms with Crippen molar-refractivity contribution in [2.75, 3.05) is 13.2 Å². The van der Waals surface area contributed by atoms with Crippen LogP contribution in [0.1, 0.15) is 44.1 Å². The number of esters is 1. The molecule has 0 aromatic carbocycles. The summed E-state index contributed by atoms with van der Waals surface area (Å²) < 4.78 is 6.55. The predicted octanol–water partition coefficient (Wildman–Crippen LogP) is 2.34. The Morgan fingerprint density at radius 3 is 2.81 bits per heavy atom. The van der Waals surface area contributed by atoms with Gasteiger partial charge in [-0.2, -0.15) is 0 Å². The van der Waals surface area contributed by atoms with Crippen molar-refractivity contribution in [1.29, 1.82) is 0 Å². The highest BCUT2D eigenvalue weighted by molar-refractivity contribution is 7.18. The van der Waals surface area contributed by atoms with Crippen molar-refractivity contribution in [2.45, 2.75) is 53.1 Å². The maximum absolute atomic E-state index is 12.8. The number of ether oxygens (including phenoxy) is 1. The van der Waals surface area contributed by atoms with Crippen molar-refractivity contribution in [3.05, 3.63) is 27.1 Å². The van der Waals surface area contributed by atoms with Crippen LogP contribution in [0.5, 0.6) is 0 Å². The number of hydrogen-bond acceptors (Lipinski definition) is 6. The lowest BCUT2D eigenvalue weighted by molar-refractivity contribution is -0.145. The number of aromatic nitrogens is 2. The molecule has 0 bridgehead atoms. The Bertz CT molecular complexity index is 916. The van der Waals surface area contributed by atoms with E-state index in [1.54, 1.807) is 22.7 Å². The van der Waals surface area contributed by atoms with E-state index in [1.807, 2.05) is 0 Å². The lowest BCUT2D eigenvalue weighted by Gasteiger charge is -2.27. The molecule has 2 aromatic heterocycles. The van der Waals surface area contributed by atoms with Crippen LogP contribution < -0.4 is 5.56 Å². The molecule has 1 aliphatic heterocycles. The molecular weight excluding hydrogens is 366 g/mol. The van der Waals surface area contributed by atoms with Gasteiger partial charge in [0.05, 0.1) is 31.3 Å². The van der Waals surface area contributed by atoms with Gasteiger partial charge in [-0.25, -0.2) is 4.98 Å². The van der Waals surface area contributed by atoms with E-state index in [0.29, 0.717) is 44.0 Å². The molecule has 0 N–H and O–H groups in total. The first-order valence-electron chi connectivity index (χ1n) is 9.33. The standard InChI is InChI=1S/C19H25N3O4S/c1-4-26-16(24)6-5-15(23)21-8-7-13-14(10-21)27-18-17(13)19(25)22(11-20-18)9-12(2)3/h11-12H,4-10H2,1-3H3. The summed E-state index contributed by atoms with van der Waals surface area (Å²) in [7, 11) is 0. The van der Waals surface area contributed by atoms with Crippen LogP contribution in [-0.4, -0.2) is 39.5 Å². The van der Waals surface area contributed by atoms with Gasteiger partial charge in [-0.15, -0.1) is 11.3 Å². The van der Waals surface area contributed by atoms with Gasteiger partial charge in [-0.3, -0.25) is 19.0 Å². The number of fused-ring (bicyclic) bond motifs is 3. The second-order valence-electron chi connectivity index (χ2n) is 7.15. The Labute approximate surface area is 161 Å². The van der Waals surface area contributed by atoms with Gasteiger partial charge in [0.2, 0.25) is 5.91 Å². The molecule has 3 heterocycles. The minimum absolute atomic E-state index is 0.00767. The minimum atomic E-state index is -0.347. The maximum Gasteiger partial charge on any atom is 0.306 e. The average Bonchev–Trinajstić information content (AvgIpc) is 3.00. The highest BCUT2D eigenvalue weighted by Gasteiger charge is 2.26. The number of hydrogen-bond donors (Lipinski definition) is 0. The van der Waals surface area contributed by atoms with Crippen molar-refractivity contribution in [2.24, 2.45) is 5.92 Å². The highest BCUT2D eigenvalue weighted by atomic mass is 32.1. The molecule has 3 rings (SSSR count). The van der Waals surface area contributed by atoms with E-state index in [2.05, 4.69) is 18.8 Å². The molecule has 7 nitrogen and oxygen atoms in total. The predicted molar refractivity (Wildman–Crippen MR) is 104 cm³/mol. The van der Waals surface area contributed by atoms with Crippen LogP contribution in [0.2, 0.25) is 0 Å². The molecule has 0 fully saturated rings. The summed E-state index contributed by atoms with van der Waals surface area (Å²) in [6, 6.07) is 0.